The van der Waals surface area contributed by atoms with Crippen LogP contribution in [0.4, 0.5) is 11.4 Å². The maximum Gasteiger partial charge on any atom is 0.283 e. The van der Waals surface area contributed by atoms with E-state index in [1.165, 1.54) is 18.2 Å². The molecule has 0 saturated carbocycles. The Labute approximate surface area is 135 Å². The topological polar surface area (TPSA) is 89.3 Å². The van der Waals surface area contributed by atoms with E-state index in [0.29, 0.717) is 4.47 Å². The van der Waals surface area contributed by atoms with E-state index in [-0.39, 0.29) is 20.1 Å². The quantitative estimate of drug-likeness (QED) is 0.573. The third-order valence-corrected chi connectivity index (χ3v) is 6.91. The standard InChI is InChI=1S/C10H6Br2N2O4S2/c11-7-3-4-19-10(7)20(17,18)13-6-1-2-9(14(15)16)8(12)5-6/h1-5,13H. The highest BCUT2D eigenvalue weighted by Crippen LogP contribution is 2.32. The van der Waals surface area contributed by atoms with E-state index in [1.807, 2.05) is 0 Å². The van der Waals surface area contributed by atoms with Crippen LogP contribution in [0.15, 0.2) is 42.8 Å². The molecule has 0 saturated heterocycles. The number of nitrogens with one attached hydrogen (secondary N) is 1. The summed E-state index contributed by atoms with van der Waals surface area (Å²) in [5.41, 5.74) is 0.105. The summed E-state index contributed by atoms with van der Waals surface area (Å²) in [5, 5.41) is 12.3. The van der Waals surface area contributed by atoms with E-state index < -0.39 is 14.9 Å². The molecule has 0 bridgehead atoms. The molecule has 1 N–H and O–H groups in total. The molecular weight excluding hydrogens is 436 g/mol. The third-order valence-electron chi connectivity index (χ3n) is 2.23. The molecule has 1 aromatic heterocycles. The fraction of sp³-hybridized carbons (Fsp3) is 0. The molecule has 6 nitrogen and oxygen atoms in total. The Hall–Kier alpha value is -0.970. The number of halogens is 2. The summed E-state index contributed by atoms with van der Waals surface area (Å²) in [7, 11) is -3.72. The first kappa shape index (κ1) is 15.4. The normalized spacial score (nSPS) is 11.3. The van der Waals surface area contributed by atoms with Gasteiger partial charge in [0.2, 0.25) is 0 Å². The molecule has 0 radical (unpaired) electrons. The highest BCUT2D eigenvalue weighted by Gasteiger charge is 2.20. The third kappa shape index (κ3) is 3.19. The molecule has 2 rings (SSSR count). The molecule has 10 heteroatoms. The zero-order valence-corrected chi connectivity index (χ0v) is 14.3. The van der Waals surface area contributed by atoms with Crippen molar-refractivity contribution in [3.8, 4) is 0 Å². The van der Waals surface area contributed by atoms with Gasteiger partial charge >= 0.3 is 0 Å². The highest BCUT2D eigenvalue weighted by atomic mass is 79.9. The Morgan fingerprint density at radius 1 is 1.20 bits per heavy atom. The van der Waals surface area contributed by atoms with Crippen LogP contribution in [0.3, 0.4) is 0 Å². The van der Waals surface area contributed by atoms with E-state index in [4.69, 9.17) is 0 Å². The number of nitro benzene ring substituents is 1. The number of anilines is 1. The lowest BCUT2D eigenvalue weighted by Gasteiger charge is -2.07. The Morgan fingerprint density at radius 2 is 1.90 bits per heavy atom. The van der Waals surface area contributed by atoms with Crippen LogP contribution >= 0.6 is 43.2 Å². The monoisotopic (exact) mass is 440 g/mol. The molecule has 0 spiro atoms. The van der Waals surface area contributed by atoms with Crippen LogP contribution in [0.1, 0.15) is 0 Å². The SMILES string of the molecule is O=[N+]([O-])c1ccc(NS(=O)(=O)c2sccc2Br)cc1Br. The number of rotatable bonds is 4. The van der Waals surface area contributed by atoms with Crippen molar-refractivity contribution in [2.45, 2.75) is 4.21 Å². The number of benzene rings is 1. The molecule has 0 amide bonds. The average molecular weight is 442 g/mol. The number of sulfonamides is 1. The zero-order chi connectivity index (χ0) is 14.9. The van der Waals surface area contributed by atoms with Gasteiger partial charge in [-0.1, -0.05) is 0 Å². The van der Waals surface area contributed by atoms with Crippen LogP contribution in [0, 0.1) is 10.1 Å². The van der Waals surface area contributed by atoms with Gasteiger partial charge in [-0.2, -0.15) is 0 Å². The van der Waals surface area contributed by atoms with Gasteiger partial charge in [0.05, 0.1) is 15.1 Å². The van der Waals surface area contributed by atoms with Crippen LogP contribution in [-0.4, -0.2) is 13.3 Å². The van der Waals surface area contributed by atoms with Crippen molar-refractivity contribution in [1.82, 2.24) is 0 Å². The Morgan fingerprint density at radius 3 is 2.40 bits per heavy atom. The van der Waals surface area contributed by atoms with Gasteiger partial charge in [0.15, 0.2) is 4.21 Å². The van der Waals surface area contributed by atoms with Crippen molar-refractivity contribution in [1.29, 1.82) is 0 Å². The molecule has 0 atom stereocenters. The molecule has 1 aromatic carbocycles. The van der Waals surface area contributed by atoms with Crippen molar-refractivity contribution >= 4 is 64.6 Å². The fourth-order valence-corrected chi connectivity index (χ4v) is 5.30. The van der Waals surface area contributed by atoms with Crippen LogP contribution in [-0.2, 0) is 10.0 Å². The molecule has 0 aliphatic rings. The molecule has 0 fully saturated rings. The first-order valence-electron chi connectivity index (χ1n) is 5.01. The van der Waals surface area contributed by atoms with Gasteiger partial charge in [-0.3, -0.25) is 14.8 Å². The number of nitro groups is 1. The Balaban J connectivity index is 2.33. The number of nitrogens with zero attached hydrogens (tertiary/aromatic N) is 1. The second-order valence-electron chi connectivity index (χ2n) is 3.58. The summed E-state index contributed by atoms with van der Waals surface area (Å²) in [4.78, 5) is 10.1. The van der Waals surface area contributed by atoms with Crippen molar-refractivity contribution in [3.05, 3.63) is 48.7 Å². The van der Waals surface area contributed by atoms with E-state index in [9.17, 15) is 18.5 Å². The molecule has 1 heterocycles. The number of hydrogen-bond donors (Lipinski definition) is 1. The van der Waals surface area contributed by atoms with E-state index in [1.54, 1.807) is 11.4 Å². The van der Waals surface area contributed by atoms with E-state index in [0.717, 1.165) is 11.3 Å². The smallest absolute Gasteiger partial charge is 0.279 e. The lowest BCUT2D eigenvalue weighted by atomic mass is 10.3. The largest absolute Gasteiger partial charge is 0.283 e. The summed E-state index contributed by atoms with van der Waals surface area (Å²) in [5.74, 6) is 0. The van der Waals surface area contributed by atoms with Crippen LogP contribution in [0.2, 0.25) is 0 Å². The van der Waals surface area contributed by atoms with Gasteiger partial charge in [0.1, 0.15) is 0 Å². The highest BCUT2D eigenvalue weighted by molar-refractivity contribution is 9.11. The summed E-state index contributed by atoms with van der Waals surface area (Å²) in [6.07, 6.45) is 0. The Bertz CT molecular complexity index is 773. The minimum atomic E-state index is -3.72. The molecule has 20 heavy (non-hydrogen) atoms. The summed E-state index contributed by atoms with van der Waals surface area (Å²) in [6, 6.07) is 5.54. The second-order valence-corrected chi connectivity index (χ2v) is 8.09. The predicted octanol–water partition coefficient (Wildman–Crippen LogP) is 3.98. The Kier molecular flexibility index (Phi) is 4.47. The molecule has 0 aliphatic carbocycles. The van der Waals surface area contributed by atoms with Crippen molar-refractivity contribution in [2.24, 2.45) is 0 Å². The molecule has 0 unspecified atom stereocenters. The van der Waals surface area contributed by atoms with Gasteiger partial charge in [-0.05, 0) is 55.4 Å². The van der Waals surface area contributed by atoms with Gasteiger partial charge in [0.25, 0.3) is 15.7 Å². The average Bonchev–Trinajstić information content (AvgIpc) is 2.75. The minimum absolute atomic E-state index is 0.134. The lowest BCUT2D eigenvalue weighted by Crippen LogP contribution is -2.12. The first-order valence-corrected chi connectivity index (χ1v) is 8.96. The van der Waals surface area contributed by atoms with Gasteiger partial charge in [-0.15, -0.1) is 11.3 Å². The van der Waals surface area contributed by atoms with E-state index >= 15 is 0 Å². The number of hydrogen-bond acceptors (Lipinski definition) is 5. The number of thiophene rings is 1. The van der Waals surface area contributed by atoms with Gasteiger partial charge in [0, 0.05) is 10.5 Å². The lowest BCUT2D eigenvalue weighted by molar-refractivity contribution is -0.385. The van der Waals surface area contributed by atoms with Gasteiger partial charge < -0.3 is 0 Å². The first-order chi connectivity index (χ1) is 9.31. The van der Waals surface area contributed by atoms with Crippen LogP contribution in [0.5, 0.6) is 0 Å². The zero-order valence-electron chi connectivity index (χ0n) is 9.54. The molecule has 0 aliphatic heterocycles. The predicted molar refractivity (Wildman–Crippen MR) is 83.6 cm³/mol. The summed E-state index contributed by atoms with van der Waals surface area (Å²) in [6.45, 7) is 0. The molecular formula is C10H6Br2N2O4S2. The summed E-state index contributed by atoms with van der Waals surface area (Å²) >= 11 is 7.26. The van der Waals surface area contributed by atoms with Crippen molar-refractivity contribution in [3.63, 3.8) is 0 Å². The molecule has 106 valence electrons. The van der Waals surface area contributed by atoms with Gasteiger partial charge in [-0.25, -0.2) is 8.42 Å². The van der Waals surface area contributed by atoms with Crippen LogP contribution < -0.4 is 4.72 Å². The van der Waals surface area contributed by atoms with Crippen LogP contribution in [0.25, 0.3) is 0 Å². The van der Waals surface area contributed by atoms with Crippen molar-refractivity contribution < 1.29 is 13.3 Å². The van der Waals surface area contributed by atoms with E-state index in [2.05, 4.69) is 36.6 Å². The minimum Gasteiger partial charge on any atom is -0.279 e. The second kappa shape index (κ2) is 5.80. The maximum absolute atomic E-state index is 12.1. The maximum atomic E-state index is 12.1. The van der Waals surface area contributed by atoms with Crippen molar-refractivity contribution in [2.75, 3.05) is 4.72 Å². The summed E-state index contributed by atoms with van der Waals surface area (Å²) < 4.78 is 27.5. The fourth-order valence-electron chi connectivity index (χ4n) is 1.39. The molecule has 2 aromatic rings.